The van der Waals surface area contributed by atoms with Crippen molar-refractivity contribution in [1.82, 2.24) is 19.9 Å². The largest absolute Gasteiger partial charge is 0.387 e. The number of carbonyl (C=O) groups is 2. The summed E-state index contributed by atoms with van der Waals surface area (Å²) in [5.41, 5.74) is 1.48. The highest BCUT2D eigenvalue weighted by Gasteiger charge is 2.21. The zero-order valence-corrected chi connectivity index (χ0v) is 19.3. The summed E-state index contributed by atoms with van der Waals surface area (Å²) in [5.74, 6) is -1.15. The molecule has 1 unspecified atom stereocenters. The number of anilines is 1. The molecule has 32 heavy (non-hydrogen) atoms. The number of nitriles is 1. The van der Waals surface area contributed by atoms with Gasteiger partial charge in [0.25, 0.3) is 11.8 Å². The van der Waals surface area contributed by atoms with Crippen LogP contribution in [0, 0.1) is 11.3 Å². The molecule has 2 rings (SSSR count). The first-order valence-corrected chi connectivity index (χ1v) is 11.2. The van der Waals surface area contributed by atoms with Gasteiger partial charge in [0.15, 0.2) is 0 Å². The fourth-order valence-electron chi connectivity index (χ4n) is 2.74. The predicted molar refractivity (Wildman–Crippen MR) is 119 cm³/mol. The van der Waals surface area contributed by atoms with E-state index in [2.05, 4.69) is 26.3 Å². The number of hydrogen-bond acceptors (Lipinski definition) is 10. The quantitative estimate of drug-likeness (QED) is 0.454. The molecule has 0 bridgehead atoms. The van der Waals surface area contributed by atoms with Crippen LogP contribution in [-0.4, -0.2) is 69.7 Å². The predicted octanol–water partition coefficient (Wildman–Crippen LogP) is 1.90. The number of aliphatic hydroxyl groups is 1. The minimum Gasteiger partial charge on any atom is -0.387 e. The second kappa shape index (κ2) is 12.8. The van der Waals surface area contributed by atoms with Crippen molar-refractivity contribution in [2.24, 2.45) is 0 Å². The molecule has 1 atom stereocenters. The fraction of sp³-hybridized carbons (Fsp3) is 0.524. The molecule has 11 heteroatoms. The molecule has 0 spiro atoms. The number of rotatable bonds is 12. The lowest BCUT2D eigenvalue weighted by Gasteiger charge is -2.20. The van der Waals surface area contributed by atoms with Crippen LogP contribution in [0.3, 0.4) is 0 Å². The summed E-state index contributed by atoms with van der Waals surface area (Å²) >= 11 is 1.43. The number of thiazole rings is 1. The molecular formula is C21H28N6O4S. The van der Waals surface area contributed by atoms with E-state index in [1.165, 1.54) is 11.3 Å². The van der Waals surface area contributed by atoms with Gasteiger partial charge in [0.05, 0.1) is 17.5 Å². The SMILES string of the molecule is CCOCC(=O)N(CCCNc1nccc(C(C#N)c2nc(C(C)C)cs2)n1)C(=O)CO. The molecule has 0 aliphatic rings. The number of nitrogens with one attached hydrogen (secondary N) is 1. The number of hydrogen-bond donors (Lipinski definition) is 2. The van der Waals surface area contributed by atoms with Crippen LogP contribution in [0.1, 0.15) is 55.4 Å². The average molecular weight is 461 g/mol. The lowest BCUT2D eigenvalue weighted by Crippen LogP contribution is -2.42. The fourth-order valence-corrected chi connectivity index (χ4v) is 3.78. The van der Waals surface area contributed by atoms with Crippen molar-refractivity contribution >= 4 is 29.1 Å². The van der Waals surface area contributed by atoms with E-state index in [1.54, 1.807) is 19.2 Å². The summed E-state index contributed by atoms with van der Waals surface area (Å²) in [6.45, 7) is 5.73. The highest BCUT2D eigenvalue weighted by molar-refractivity contribution is 7.09. The minimum atomic E-state index is -0.749. The maximum atomic E-state index is 12.1. The van der Waals surface area contributed by atoms with E-state index in [-0.39, 0.29) is 19.1 Å². The number of amides is 2. The molecule has 2 amide bonds. The van der Waals surface area contributed by atoms with Crippen LogP contribution < -0.4 is 5.32 Å². The van der Waals surface area contributed by atoms with Gasteiger partial charge in [0.1, 0.15) is 24.1 Å². The summed E-state index contributed by atoms with van der Waals surface area (Å²) < 4.78 is 5.05. The average Bonchev–Trinajstić information content (AvgIpc) is 3.28. The normalized spacial score (nSPS) is 11.8. The second-order valence-electron chi connectivity index (χ2n) is 7.15. The molecule has 0 aliphatic heterocycles. The molecular weight excluding hydrogens is 432 g/mol. The number of nitrogens with zero attached hydrogens (tertiary/aromatic N) is 5. The van der Waals surface area contributed by atoms with E-state index in [0.29, 0.717) is 36.2 Å². The number of imide groups is 1. The maximum Gasteiger partial charge on any atom is 0.255 e. The Morgan fingerprint density at radius 1 is 1.31 bits per heavy atom. The summed E-state index contributed by atoms with van der Waals surface area (Å²) in [4.78, 5) is 38.1. The van der Waals surface area contributed by atoms with Crippen molar-refractivity contribution in [3.63, 3.8) is 0 Å². The standard InChI is InChI=1S/C21H28N6O4S/c1-4-31-12-19(30)27(18(29)11-28)9-5-7-23-21-24-8-6-16(26-21)15(10-22)20-25-17(13-32-20)14(2)3/h6,8,13-15,28H,4-5,7,9,11-12H2,1-3H3,(H,23,24,26). The van der Waals surface area contributed by atoms with Gasteiger partial charge < -0.3 is 15.2 Å². The van der Waals surface area contributed by atoms with Crippen molar-refractivity contribution in [3.05, 3.63) is 34.0 Å². The van der Waals surface area contributed by atoms with Crippen LogP contribution in [0.2, 0.25) is 0 Å². The highest BCUT2D eigenvalue weighted by Crippen LogP contribution is 2.28. The van der Waals surface area contributed by atoms with Crippen molar-refractivity contribution < 1.29 is 19.4 Å². The molecule has 2 aromatic heterocycles. The first-order valence-electron chi connectivity index (χ1n) is 10.3. The molecule has 172 valence electrons. The van der Waals surface area contributed by atoms with E-state index >= 15 is 0 Å². The van der Waals surface area contributed by atoms with E-state index in [0.717, 1.165) is 10.6 Å². The molecule has 0 saturated heterocycles. The van der Waals surface area contributed by atoms with Crippen LogP contribution in [0.25, 0.3) is 0 Å². The van der Waals surface area contributed by atoms with Gasteiger partial charge in [-0.1, -0.05) is 13.8 Å². The lowest BCUT2D eigenvalue weighted by molar-refractivity contribution is -0.149. The second-order valence-corrected chi connectivity index (χ2v) is 8.04. The van der Waals surface area contributed by atoms with E-state index in [1.807, 2.05) is 19.2 Å². The third kappa shape index (κ3) is 7.05. The van der Waals surface area contributed by atoms with Crippen LogP contribution in [-0.2, 0) is 14.3 Å². The van der Waals surface area contributed by atoms with E-state index < -0.39 is 24.3 Å². The number of carbonyl (C=O) groups excluding carboxylic acids is 2. The van der Waals surface area contributed by atoms with Crippen LogP contribution in [0.4, 0.5) is 5.95 Å². The molecule has 0 saturated carbocycles. The topological polar surface area (TPSA) is 141 Å². The van der Waals surface area contributed by atoms with E-state index in [4.69, 9.17) is 9.84 Å². The number of aromatic nitrogens is 3. The molecule has 0 aromatic carbocycles. The number of aliphatic hydroxyl groups excluding tert-OH is 1. The van der Waals surface area contributed by atoms with Gasteiger partial charge in [-0.2, -0.15) is 5.26 Å². The Balaban J connectivity index is 1.97. The van der Waals surface area contributed by atoms with Gasteiger partial charge in [-0.25, -0.2) is 15.0 Å². The van der Waals surface area contributed by atoms with Crippen LogP contribution in [0.15, 0.2) is 17.6 Å². The Morgan fingerprint density at radius 2 is 2.09 bits per heavy atom. The van der Waals surface area contributed by atoms with E-state index in [9.17, 15) is 14.9 Å². The molecule has 0 radical (unpaired) electrons. The summed E-state index contributed by atoms with van der Waals surface area (Å²) in [7, 11) is 0. The Labute approximate surface area is 191 Å². The Hall–Kier alpha value is -2.94. The Bertz CT molecular complexity index is 942. The van der Waals surface area contributed by atoms with Crippen LogP contribution >= 0.6 is 11.3 Å². The van der Waals surface area contributed by atoms with Gasteiger partial charge in [0, 0.05) is 31.3 Å². The van der Waals surface area contributed by atoms with Crippen molar-refractivity contribution in [1.29, 1.82) is 5.26 Å². The molecule has 2 heterocycles. The van der Waals surface area contributed by atoms with Crippen molar-refractivity contribution in [2.45, 2.75) is 39.0 Å². The highest BCUT2D eigenvalue weighted by atomic mass is 32.1. The van der Waals surface area contributed by atoms with Gasteiger partial charge in [-0.05, 0) is 25.3 Å². The molecule has 0 fully saturated rings. The maximum absolute atomic E-state index is 12.1. The smallest absolute Gasteiger partial charge is 0.255 e. The molecule has 2 N–H and O–H groups in total. The lowest BCUT2D eigenvalue weighted by atomic mass is 10.1. The van der Waals surface area contributed by atoms with Gasteiger partial charge in [0.2, 0.25) is 5.95 Å². The van der Waals surface area contributed by atoms with Crippen LogP contribution in [0.5, 0.6) is 0 Å². The van der Waals surface area contributed by atoms with Gasteiger partial charge >= 0.3 is 0 Å². The van der Waals surface area contributed by atoms with Gasteiger partial charge in [-0.3, -0.25) is 14.5 Å². The van der Waals surface area contributed by atoms with Crippen molar-refractivity contribution in [2.75, 3.05) is 38.2 Å². The molecule has 10 nitrogen and oxygen atoms in total. The third-order valence-electron chi connectivity index (χ3n) is 4.49. The monoisotopic (exact) mass is 460 g/mol. The summed E-state index contributed by atoms with van der Waals surface area (Å²) in [6, 6.07) is 3.94. The zero-order valence-electron chi connectivity index (χ0n) is 18.4. The Morgan fingerprint density at radius 3 is 2.72 bits per heavy atom. The molecule has 2 aromatic rings. The molecule has 0 aliphatic carbocycles. The zero-order chi connectivity index (χ0) is 23.5. The summed E-state index contributed by atoms with van der Waals surface area (Å²) in [6.07, 6.45) is 1.99. The summed E-state index contributed by atoms with van der Waals surface area (Å²) in [5, 5.41) is 24.5. The minimum absolute atomic E-state index is 0.121. The Kier molecular flexibility index (Phi) is 10.1. The first kappa shape index (κ1) is 25.3. The number of ether oxygens (including phenoxy) is 1. The van der Waals surface area contributed by atoms with Crippen molar-refractivity contribution in [3.8, 4) is 6.07 Å². The first-order chi connectivity index (χ1) is 15.4. The van der Waals surface area contributed by atoms with Gasteiger partial charge in [-0.15, -0.1) is 11.3 Å². The third-order valence-corrected chi connectivity index (χ3v) is 5.42.